The second-order valence-electron chi connectivity index (χ2n) is 3.31. The molecule has 2 bridgehead atoms. The number of hydrogen-bond acceptors (Lipinski definition) is 5. The quantitative estimate of drug-likeness (QED) is 0.539. The van der Waals surface area contributed by atoms with Gasteiger partial charge in [0.1, 0.15) is 0 Å². The van der Waals surface area contributed by atoms with Gasteiger partial charge in [-0.25, -0.2) is 0 Å². The molecule has 3 aliphatic rings. The van der Waals surface area contributed by atoms with Crippen LogP contribution in [0.15, 0.2) is 0 Å². The number of carbonyl (C=O) groups is 1. The Morgan fingerprint density at radius 3 is 2.54 bits per heavy atom. The summed E-state index contributed by atoms with van der Waals surface area (Å²) in [5.74, 6) is 1.61. The third-order valence-electron chi connectivity index (χ3n) is 2.20. The fourth-order valence-corrected chi connectivity index (χ4v) is 4.88. The second-order valence-corrected chi connectivity index (χ2v) is 8.57. The zero-order valence-corrected chi connectivity index (χ0v) is 9.71. The first-order chi connectivity index (χ1) is 6.18. The fraction of sp³-hybridized carbons (Fsp3) is 0.857. The van der Waals surface area contributed by atoms with Gasteiger partial charge in [-0.1, -0.05) is 0 Å². The molecule has 0 amide bonds. The van der Waals surface area contributed by atoms with Crippen LogP contribution in [-0.4, -0.2) is 58.0 Å². The summed E-state index contributed by atoms with van der Waals surface area (Å²) in [7, 11) is 0. The van der Waals surface area contributed by atoms with E-state index in [0.29, 0.717) is 19.8 Å². The fourth-order valence-electron chi connectivity index (χ4n) is 1.51. The Labute approximate surface area is 80.3 Å². The summed E-state index contributed by atoms with van der Waals surface area (Å²) in [6.45, 7) is 3.22. The zero-order valence-electron chi connectivity index (χ0n) is 7.62. The predicted molar refractivity (Wildman–Crippen MR) is 46.1 cm³/mol. The summed E-state index contributed by atoms with van der Waals surface area (Å²) in [5, 5.41) is 0. The van der Waals surface area contributed by atoms with Gasteiger partial charge in [0.25, 0.3) is 0 Å². The van der Waals surface area contributed by atoms with Gasteiger partial charge in [-0.15, -0.1) is 0 Å². The van der Waals surface area contributed by atoms with Crippen LogP contribution in [0.5, 0.6) is 0 Å². The molecule has 0 aromatic rings. The number of hydrogen-bond donors (Lipinski definition) is 0. The van der Waals surface area contributed by atoms with Gasteiger partial charge >= 0.3 is 79.8 Å². The monoisotopic (exact) mass is 249 g/mol. The van der Waals surface area contributed by atoms with Crippen molar-refractivity contribution in [2.24, 2.45) is 0 Å². The van der Waals surface area contributed by atoms with Gasteiger partial charge in [-0.3, -0.25) is 0 Å². The number of carbonyl (C=O) groups excluding carboxylic acids is 1. The van der Waals surface area contributed by atoms with Crippen LogP contribution in [-0.2, 0) is 16.1 Å². The van der Waals surface area contributed by atoms with Gasteiger partial charge in [0.2, 0.25) is 0 Å². The van der Waals surface area contributed by atoms with Crippen LogP contribution >= 0.6 is 0 Å². The van der Waals surface area contributed by atoms with Crippen molar-refractivity contribution in [3.05, 3.63) is 0 Å². The van der Waals surface area contributed by atoms with E-state index in [4.69, 9.17) is 11.3 Å². The normalized spacial score (nSPS) is 40.4. The summed E-state index contributed by atoms with van der Waals surface area (Å²) in [4.78, 5) is 13.3. The molecule has 0 aromatic heterocycles. The van der Waals surface area contributed by atoms with Gasteiger partial charge in [0.05, 0.1) is 0 Å². The van der Waals surface area contributed by atoms with Gasteiger partial charge in [-0.05, 0) is 0 Å². The summed E-state index contributed by atoms with van der Waals surface area (Å²) in [5.41, 5.74) is 0. The van der Waals surface area contributed by atoms with Crippen LogP contribution in [0.3, 0.4) is 0 Å². The average molecular weight is 248 g/mol. The van der Waals surface area contributed by atoms with E-state index >= 15 is 0 Å². The Hall–Kier alpha value is -0.107. The van der Waals surface area contributed by atoms with E-state index in [9.17, 15) is 4.79 Å². The molecular formula is C7H13GeNO4. The standard InChI is InChI=1S/C7H13GeNO4/c1-8-11-4-2-9(3-5-12-8)6-7(10)13-8/h2-6H2,1H3. The molecule has 0 spiro atoms. The summed E-state index contributed by atoms with van der Waals surface area (Å²) in [6, 6.07) is 0. The summed E-state index contributed by atoms with van der Waals surface area (Å²) >= 11 is -3.13. The van der Waals surface area contributed by atoms with E-state index in [0.717, 1.165) is 13.1 Å². The van der Waals surface area contributed by atoms with Crippen LogP contribution in [0, 0.1) is 0 Å². The molecule has 5 nitrogen and oxygen atoms in total. The van der Waals surface area contributed by atoms with Crippen LogP contribution in [0.25, 0.3) is 0 Å². The van der Waals surface area contributed by atoms with Gasteiger partial charge in [-0.2, -0.15) is 0 Å². The van der Waals surface area contributed by atoms with Crippen molar-refractivity contribution in [2.45, 2.75) is 5.76 Å². The van der Waals surface area contributed by atoms with E-state index in [-0.39, 0.29) is 5.97 Å². The van der Waals surface area contributed by atoms with Crippen molar-refractivity contribution >= 4 is 20.2 Å². The molecule has 0 aromatic carbocycles. The molecule has 6 heteroatoms. The molecule has 3 aliphatic heterocycles. The number of nitrogens with zero attached hydrogens (tertiary/aromatic N) is 1. The predicted octanol–water partition coefficient (Wildman–Crippen LogP) is -0.539. The molecule has 0 N–H and O–H groups in total. The van der Waals surface area contributed by atoms with Gasteiger partial charge < -0.3 is 0 Å². The third-order valence-corrected chi connectivity index (χ3v) is 6.51. The van der Waals surface area contributed by atoms with Gasteiger partial charge in [0.15, 0.2) is 0 Å². The molecule has 3 saturated heterocycles. The van der Waals surface area contributed by atoms with Crippen molar-refractivity contribution in [2.75, 3.05) is 32.8 Å². The van der Waals surface area contributed by atoms with Crippen molar-refractivity contribution < 1.29 is 16.1 Å². The first-order valence-corrected chi connectivity index (χ1v) is 9.07. The first-order valence-electron chi connectivity index (χ1n) is 4.40. The van der Waals surface area contributed by atoms with Crippen molar-refractivity contribution in [1.29, 1.82) is 0 Å². The minimum atomic E-state index is -3.13. The Balaban J connectivity index is 2.15. The summed E-state index contributed by atoms with van der Waals surface area (Å²) < 4.78 is 16.2. The van der Waals surface area contributed by atoms with Crippen molar-refractivity contribution in [3.63, 3.8) is 0 Å². The molecule has 0 radical (unpaired) electrons. The molecule has 0 atom stereocenters. The van der Waals surface area contributed by atoms with Crippen molar-refractivity contribution in [1.82, 2.24) is 4.90 Å². The van der Waals surface area contributed by atoms with Crippen LogP contribution in [0.4, 0.5) is 0 Å². The minimum absolute atomic E-state index is 0.207. The summed E-state index contributed by atoms with van der Waals surface area (Å²) in [6.07, 6.45) is 0. The Morgan fingerprint density at radius 2 is 1.92 bits per heavy atom. The molecule has 3 rings (SSSR count). The topological polar surface area (TPSA) is 48.0 Å². The van der Waals surface area contributed by atoms with Crippen LogP contribution in [0.1, 0.15) is 0 Å². The van der Waals surface area contributed by atoms with Crippen LogP contribution in [0.2, 0.25) is 5.76 Å². The molecule has 74 valence electrons. The second kappa shape index (κ2) is 3.57. The SMILES string of the molecule is [CH3][Ge]12[O]CCN(CC[O]1)CC(=O)[O]2. The van der Waals surface area contributed by atoms with E-state index in [2.05, 4.69) is 0 Å². The maximum absolute atomic E-state index is 11.3. The Morgan fingerprint density at radius 1 is 1.31 bits per heavy atom. The zero-order chi connectivity index (χ0) is 9.31. The van der Waals surface area contributed by atoms with E-state index in [1.807, 2.05) is 10.7 Å². The molecule has 0 aliphatic carbocycles. The Bertz CT molecular complexity index is 213. The molecule has 3 fully saturated rings. The third kappa shape index (κ3) is 2.22. The first kappa shape index (κ1) is 9.45. The average Bonchev–Trinajstić information content (AvgIpc) is 1.96. The maximum atomic E-state index is 11.3. The number of fused-ring (bicyclic) bond motifs is 6. The molecule has 0 unspecified atom stereocenters. The van der Waals surface area contributed by atoms with Crippen molar-refractivity contribution in [3.8, 4) is 0 Å². The van der Waals surface area contributed by atoms with Gasteiger partial charge in [0, 0.05) is 0 Å². The molecule has 3 heterocycles. The molecular weight excluding hydrogens is 235 g/mol. The molecule has 0 saturated carbocycles. The van der Waals surface area contributed by atoms with E-state index in [1.165, 1.54) is 0 Å². The number of rotatable bonds is 0. The molecule has 13 heavy (non-hydrogen) atoms. The van der Waals surface area contributed by atoms with Crippen LogP contribution < -0.4 is 0 Å². The Kier molecular flexibility index (Phi) is 2.59. The van der Waals surface area contributed by atoms with E-state index in [1.54, 1.807) is 0 Å². The van der Waals surface area contributed by atoms with E-state index < -0.39 is 14.3 Å².